The lowest BCUT2D eigenvalue weighted by molar-refractivity contribution is 0.256. The molecule has 0 spiro atoms. The Morgan fingerprint density at radius 2 is 1.90 bits per heavy atom. The molecule has 1 aliphatic heterocycles. The van der Waals surface area contributed by atoms with Crippen molar-refractivity contribution in [2.24, 2.45) is 5.92 Å². The topological polar surface area (TPSA) is 15.3 Å². The van der Waals surface area contributed by atoms with E-state index in [1.807, 2.05) is 4.90 Å². The molecular formula is C16H22F2N2. The molecule has 1 aliphatic carbocycles. The molecule has 1 N–H and O–H groups in total. The summed E-state index contributed by atoms with van der Waals surface area (Å²) in [5.41, 5.74) is 0.410. The number of hydrogen-bond acceptors (Lipinski definition) is 2. The van der Waals surface area contributed by atoms with Gasteiger partial charge in [0.2, 0.25) is 0 Å². The molecule has 1 saturated carbocycles. The molecule has 1 unspecified atom stereocenters. The molecule has 1 saturated heterocycles. The van der Waals surface area contributed by atoms with E-state index in [4.69, 9.17) is 0 Å². The lowest BCUT2D eigenvalue weighted by Crippen LogP contribution is -2.54. The molecule has 0 radical (unpaired) electrons. The van der Waals surface area contributed by atoms with Crippen LogP contribution >= 0.6 is 0 Å². The van der Waals surface area contributed by atoms with Gasteiger partial charge in [-0.2, -0.15) is 0 Å². The summed E-state index contributed by atoms with van der Waals surface area (Å²) < 4.78 is 27.3. The fraction of sp³-hybridized carbons (Fsp3) is 0.625. The van der Waals surface area contributed by atoms with Crippen LogP contribution in [0.2, 0.25) is 0 Å². The lowest BCUT2D eigenvalue weighted by atomic mass is 9.83. The largest absolute Gasteiger partial charge is 0.366 e. The number of piperazine rings is 1. The summed E-state index contributed by atoms with van der Waals surface area (Å²) in [6.45, 7) is 2.37. The summed E-state index contributed by atoms with van der Waals surface area (Å²) >= 11 is 0. The predicted molar refractivity (Wildman–Crippen MR) is 76.9 cm³/mol. The molecule has 2 aliphatic rings. The third-order valence-electron chi connectivity index (χ3n) is 4.70. The first-order valence-electron chi connectivity index (χ1n) is 7.68. The summed E-state index contributed by atoms with van der Waals surface area (Å²) in [4.78, 5) is 1.99. The average molecular weight is 280 g/mol. The van der Waals surface area contributed by atoms with Crippen LogP contribution in [0, 0.1) is 17.6 Å². The molecule has 3 rings (SSSR count). The van der Waals surface area contributed by atoms with E-state index in [1.54, 1.807) is 12.1 Å². The third-order valence-corrected chi connectivity index (χ3v) is 4.70. The van der Waals surface area contributed by atoms with Gasteiger partial charge in [0.25, 0.3) is 0 Å². The van der Waals surface area contributed by atoms with E-state index in [2.05, 4.69) is 5.32 Å². The van der Waals surface area contributed by atoms with Crippen LogP contribution in [0.25, 0.3) is 0 Å². The van der Waals surface area contributed by atoms with Gasteiger partial charge in [-0.15, -0.1) is 0 Å². The Labute approximate surface area is 119 Å². The van der Waals surface area contributed by atoms with Gasteiger partial charge in [0.05, 0.1) is 5.69 Å². The van der Waals surface area contributed by atoms with Gasteiger partial charge in [-0.05, 0) is 30.9 Å². The quantitative estimate of drug-likeness (QED) is 0.894. The zero-order valence-electron chi connectivity index (χ0n) is 11.7. The zero-order valence-corrected chi connectivity index (χ0v) is 11.7. The van der Waals surface area contributed by atoms with Crippen molar-refractivity contribution in [1.29, 1.82) is 0 Å². The van der Waals surface area contributed by atoms with Gasteiger partial charge in [0.15, 0.2) is 11.6 Å². The van der Waals surface area contributed by atoms with Crippen molar-refractivity contribution in [3.63, 3.8) is 0 Å². The average Bonchev–Trinajstić information content (AvgIpc) is 2.51. The molecule has 1 heterocycles. The molecule has 20 heavy (non-hydrogen) atoms. The molecule has 2 nitrogen and oxygen atoms in total. The van der Waals surface area contributed by atoms with Gasteiger partial charge in [0.1, 0.15) is 0 Å². The first kappa shape index (κ1) is 13.8. The number of rotatable bonds is 2. The summed E-state index contributed by atoms with van der Waals surface area (Å²) in [6.07, 6.45) is 6.47. The molecule has 0 amide bonds. The van der Waals surface area contributed by atoms with Crippen molar-refractivity contribution in [1.82, 2.24) is 5.32 Å². The molecule has 4 heteroatoms. The van der Waals surface area contributed by atoms with E-state index < -0.39 is 11.6 Å². The van der Waals surface area contributed by atoms with E-state index in [-0.39, 0.29) is 0 Å². The van der Waals surface area contributed by atoms with E-state index in [0.717, 1.165) is 19.6 Å². The van der Waals surface area contributed by atoms with Gasteiger partial charge < -0.3 is 10.2 Å². The monoisotopic (exact) mass is 280 g/mol. The molecule has 1 aromatic carbocycles. The molecular weight excluding hydrogens is 258 g/mol. The first-order chi connectivity index (χ1) is 9.75. The summed E-state index contributed by atoms with van der Waals surface area (Å²) in [6, 6.07) is 4.86. The minimum absolute atomic E-state index is 0.409. The molecule has 1 aromatic rings. The third kappa shape index (κ3) is 2.80. The highest BCUT2D eigenvalue weighted by molar-refractivity contribution is 5.48. The molecule has 0 bridgehead atoms. The van der Waals surface area contributed by atoms with E-state index in [9.17, 15) is 8.78 Å². The summed E-state index contributed by atoms with van der Waals surface area (Å²) in [7, 11) is 0. The number of nitrogens with zero attached hydrogens (tertiary/aromatic N) is 1. The number of anilines is 1. The van der Waals surface area contributed by atoms with Crippen LogP contribution in [0.1, 0.15) is 32.1 Å². The first-order valence-corrected chi connectivity index (χ1v) is 7.68. The summed E-state index contributed by atoms with van der Waals surface area (Å²) in [5, 5.41) is 3.56. The van der Waals surface area contributed by atoms with Crippen LogP contribution in [-0.2, 0) is 0 Å². The van der Waals surface area contributed by atoms with E-state index >= 15 is 0 Å². The maximum atomic E-state index is 13.9. The highest BCUT2D eigenvalue weighted by atomic mass is 19.2. The SMILES string of the molecule is Fc1cccc(N2CCNC(C3CCCCC3)C2)c1F. The molecule has 110 valence electrons. The van der Waals surface area contributed by atoms with Gasteiger partial charge in [-0.25, -0.2) is 8.78 Å². The highest BCUT2D eigenvalue weighted by Crippen LogP contribution is 2.29. The maximum absolute atomic E-state index is 13.9. The van der Waals surface area contributed by atoms with E-state index in [1.165, 1.54) is 38.2 Å². The lowest BCUT2D eigenvalue weighted by Gasteiger charge is -2.40. The fourth-order valence-corrected chi connectivity index (χ4v) is 3.59. The zero-order chi connectivity index (χ0) is 13.9. The summed E-state index contributed by atoms with van der Waals surface area (Å²) in [5.74, 6) is -0.782. The van der Waals surface area contributed by atoms with Crippen LogP contribution in [0.15, 0.2) is 18.2 Å². The van der Waals surface area contributed by atoms with E-state index in [0.29, 0.717) is 17.6 Å². The van der Waals surface area contributed by atoms with Crippen LogP contribution < -0.4 is 10.2 Å². The number of halogens is 2. The van der Waals surface area contributed by atoms with Crippen LogP contribution in [0.3, 0.4) is 0 Å². The van der Waals surface area contributed by atoms with Crippen molar-refractivity contribution >= 4 is 5.69 Å². The second kappa shape index (κ2) is 6.08. The predicted octanol–water partition coefficient (Wildman–Crippen LogP) is 3.32. The second-order valence-electron chi connectivity index (χ2n) is 5.98. The van der Waals surface area contributed by atoms with Gasteiger partial charge >= 0.3 is 0 Å². The molecule has 1 atom stereocenters. The van der Waals surface area contributed by atoms with Crippen molar-refractivity contribution in [3.8, 4) is 0 Å². The molecule has 2 fully saturated rings. The van der Waals surface area contributed by atoms with Crippen molar-refractivity contribution < 1.29 is 8.78 Å². The van der Waals surface area contributed by atoms with Crippen molar-refractivity contribution in [2.45, 2.75) is 38.1 Å². The van der Waals surface area contributed by atoms with Gasteiger partial charge in [-0.3, -0.25) is 0 Å². The minimum atomic E-state index is -0.754. The number of nitrogens with one attached hydrogen (secondary N) is 1. The fourth-order valence-electron chi connectivity index (χ4n) is 3.59. The Kier molecular flexibility index (Phi) is 4.20. The van der Waals surface area contributed by atoms with Gasteiger partial charge in [-0.1, -0.05) is 25.3 Å². The van der Waals surface area contributed by atoms with Crippen molar-refractivity contribution in [2.75, 3.05) is 24.5 Å². The highest BCUT2D eigenvalue weighted by Gasteiger charge is 2.29. The second-order valence-corrected chi connectivity index (χ2v) is 5.98. The Bertz CT molecular complexity index is 458. The number of benzene rings is 1. The Hall–Kier alpha value is -1.16. The smallest absolute Gasteiger partial charge is 0.182 e. The van der Waals surface area contributed by atoms with Gasteiger partial charge in [0, 0.05) is 25.7 Å². The van der Waals surface area contributed by atoms with Crippen LogP contribution in [-0.4, -0.2) is 25.7 Å². The minimum Gasteiger partial charge on any atom is -0.366 e. The Balaban J connectivity index is 1.72. The standard InChI is InChI=1S/C16H22F2N2/c17-13-7-4-8-15(16(13)18)20-10-9-19-14(11-20)12-5-2-1-3-6-12/h4,7-8,12,14,19H,1-3,5-6,9-11H2. The maximum Gasteiger partial charge on any atom is 0.182 e. The Morgan fingerprint density at radius 1 is 1.10 bits per heavy atom. The van der Waals surface area contributed by atoms with Crippen molar-refractivity contribution in [3.05, 3.63) is 29.8 Å². The van der Waals surface area contributed by atoms with Crippen LogP contribution in [0.5, 0.6) is 0 Å². The number of hydrogen-bond donors (Lipinski definition) is 1. The van der Waals surface area contributed by atoms with Crippen LogP contribution in [0.4, 0.5) is 14.5 Å². The normalized spacial score (nSPS) is 24.9. The Morgan fingerprint density at radius 3 is 2.70 bits per heavy atom. The molecule has 0 aromatic heterocycles.